The van der Waals surface area contributed by atoms with E-state index in [1.54, 1.807) is 0 Å². The normalized spacial score (nSPS) is 17.2. The van der Waals surface area contributed by atoms with E-state index in [1.807, 2.05) is 24.0 Å². The van der Waals surface area contributed by atoms with E-state index in [0.29, 0.717) is 10.7 Å². The lowest BCUT2D eigenvalue weighted by molar-refractivity contribution is 0.274. The molecule has 1 aliphatic rings. The highest BCUT2D eigenvalue weighted by Crippen LogP contribution is 2.42. The molecular weight excluding hydrogens is 324 g/mol. The van der Waals surface area contributed by atoms with Gasteiger partial charge in [0, 0.05) is 29.8 Å². The number of pyridine rings is 1. The highest BCUT2D eigenvalue weighted by atomic mass is 79.9. The number of nitrogens with one attached hydrogen (secondary N) is 1. The second kappa shape index (κ2) is 5.17. The first-order valence-corrected chi connectivity index (χ1v) is 7.58. The average molecular weight is 339 g/mol. The lowest BCUT2D eigenvalue weighted by Crippen LogP contribution is -2.24. The molecular formula is C13H15BrN4S. The van der Waals surface area contributed by atoms with Crippen LogP contribution in [0.15, 0.2) is 22.9 Å². The lowest BCUT2D eigenvalue weighted by Gasteiger charge is -2.33. The van der Waals surface area contributed by atoms with Crippen molar-refractivity contribution in [3.8, 4) is 0 Å². The molecule has 0 spiro atoms. The largest absolute Gasteiger partial charge is 0.307 e. The summed E-state index contributed by atoms with van der Waals surface area (Å²) in [5.74, 6) is 1.92. The molecule has 0 amide bonds. The molecule has 2 aromatic heterocycles. The molecule has 0 aromatic carbocycles. The summed E-state index contributed by atoms with van der Waals surface area (Å²) in [5, 5.41) is 7.32. The molecule has 4 nitrogen and oxygen atoms in total. The molecule has 1 saturated carbocycles. The molecule has 1 N–H and O–H groups in total. The van der Waals surface area contributed by atoms with Crippen LogP contribution in [0.1, 0.15) is 36.6 Å². The van der Waals surface area contributed by atoms with Gasteiger partial charge >= 0.3 is 0 Å². The van der Waals surface area contributed by atoms with Crippen LogP contribution in [-0.4, -0.2) is 19.7 Å². The van der Waals surface area contributed by atoms with Crippen LogP contribution >= 0.6 is 28.1 Å². The van der Waals surface area contributed by atoms with Crippen molar-refractivity contribution in [2.45, 2.75) is 25.2 Å². The molecule has 1 aliphatic carbocycles. The van der Waals surface area contributed by atoms with Crippen molar-refractivity contribution < 1.29 is 0 Å². The molecule has 1 atom stereocenters. The minimum Gasteiger partial charge on any atom is -0.307 e. The fourth-order valence-corrected chi connectivity index (χ4v) is 3.16. The van der Waals surface area contributed by atoms with E-state index in [-0.39, 0.29) is 5.92 Å². The van der Waals surface area contributed by atoms with Crippen molar-refractivity contribution in [2.75, 3.05) is 0 Å². The summed E-state index contributed by atoms with van der Waals surface area (Å²) >= 11 is 8.73. The Morgan fingerprint density at radius 3 is 2.79 bits per heavy atom. The molecule has 0 saturated heterocycles. The highest BCUT2D eigenvalue weighted by Gasteiger charge is 2.33. The van der Waals surface area contributed by atoms with Crippen LogP contribution in [0.2, 0.25) is 0 Å². The van der Waals surface area contributed by atoms with Gasteiger partial charge in [0.1, 0.15) is 5.82 Å². The molecule has 2 aromatic rings. The van der Waals surface area contributed by atoms with Gasteiger partial charge in [-0.05, 0) is 58.5 Å². The highest BCUT2D eigenvalue weighted by molar-refractivity contribution is 9.10. The number of aromatic nitrogens is 4. The first-order chi connectivity index (χ1) is 9.16. The van der Waals surface area contributed by atoms with Crippen molar-refractivity contribution in [2.24, 2.45) is 13.0 Å². The molecule has 1 fully saturated rings. The van der Waals surface area contributed by atoms with Crippen LogP contribution < -0.4 is 0 Å². The van der Waals surface area contributed by atoms with Gasteiger partial charge in [0.2, 0.25) is 0 Å². The van der Waals surface area contributed by atoms with Crippen LogP contribution in [0.5, 0.6) is 0 Å². The van der Waals surface area contributed by atoms with Crippen LogP contribution in [-0.2, 0) is 7.05 Å². The van der Waals surface area contributed by atoms with Gasteiger partial charge in [-0.1, -0.05) is 6.42 Å². The maximum absolute atomic E-state index is 5.23. The van der Waals surface area contributed by atoms with Crippen molar-refractivity contribution in [1.29, 1.82) is 0 Å². The Balaban J connectivity index is 2.07. The molecule has 0 radical (unpaired) electrons. The Morgan fingerprint density at radius 1 is 1.47 bits per heavy atom. The minimum atomic E-state index is 0.275. The number of hydrogen-bond acceptors (Lipinski definition) is 3. The Bertz CT molecular complexity index is 644. The molecule has 0 bridgehead atoms. The third kappa shape index (κ3) is 2.39. The van der Waals surface area contributed by atoms with Gasteiger partial charge in [0.05, 0.1) is 0 Å². The van der Waals surface area contributed by atoms with Crippen molar-refractivity contribution in [3.05, 3.63) is 39.1 Å². The summed E-state index contributed by atoms with van der Waals surface area (Å²) < 4.78 is 3.65. The second-order valence-corrected chi connectivity index (χ2v) is 6.35. The summed E-state index contributed by atoms with van der Waals surface area (Å²) in [6.45, 7) is 0. The molecule has 2 heterocycles. The molecule has 100 valence electrons. The maximum Gasteiger partial charge on any atom is 0.194 e. The van der Waals surface area contributed by atoms with E-state index in [0.717, 1.165) is 10.3 Å². The Kier molecular flexibility index (Phi) is 3.54. The molecule has 19 heavy (non-hydrogen) atoms. The van der Waals surface area contributed by atoms with Gasteiger partial charge < -0.3 is 4.57 Å². The summed E-state index contributed by atoms with van der Waals surface area (Å²) in [6, 6.07) is 2.13. The van der Waals surface area contributed by atoms with Gasteiger partial charge in [0.25, 0.3) is 0 Å². The van der Waals surface area contributed by atoms with E-state index in [4.69, 9.17) is 12.2 Å². The predicted octanol–water partition coefficient (Wildman–Crippen LogP) is 3.57. The zero-order chi connectivity index (χ0) is 13.4. The second-order valence-electron chi connectivity index (χ2n) is 5.05. The predicted molar refractivity (Wildman–Crippen MR) is 79.5 cm³/mol. The van der Waals surface area contributed by atoms with Crippen molar-refractivity contribution in [1.82, 2.24) is 19.7 Å². The topological polar surface area (TPSA) is 46.5 Å². The number of rotatable bonds is 3. The molecule has 3 rings (SSSR count). The van der Waals surface area contributed by atoms with E-state index < -0.39 is 0 Å². The number of H-pyrrole nitrogens is 1. The third-order valence-corrected chi connectivity index (χ3v) is 4.70. The summed E-state index contributed by atoms with van der Waals surface area (Å²) in [6.07, 6.45) is 7.54. The van der Waals surface area contributed by atoms with E-state index in [1.165, 1.54) is 24.8 Å². The number of hydrogen-bond donors (Lipinski definition) is 1. The molecule has 1 unspecified atom stereocenters. The van der Waals surface area contributed by atoms with E-state index in [2.05, 4.69) is 37.2 Å². The summed E-state index contributed by atoms with van der Waals surface area (Å²) in [4.78, 5) is 4.29. The lowest BCUT2D eigenvalue weighted by atomic mass is 9.73. The quantitative estimate of drug-likeness (QED) is 0.870. The zero-order valence-corrected chi connectivity index (χ0v) is 13.0. The SMILES string of the molecule is Cn1c(C(c2cncc(Br)c2)C2CCC2)n[nH]c1=S. The monoisotopic (exact) mass is 338 g/mol. The summed E-state index contributed by atoms with van der Waals surface area (Å²) in [5.41, 5.74) is 1.20. The summed E-state index contributed by atoms with van der Waals surface area (Å²) in [7, 11) is 1.97. The first-order valence-electron chi connectivity index (χ1n) is 6.38. The van der Waals surface area contributed by atoms with E-state index >= 15 is 0 Å². The van der Waals surface area contributed by atoms with Crippen LogP contribution in [0, 0.1) is 10.7 Å². The van der Waals surface area contributed by atoms with Gasteiger partial charge in [-0.3, -0.25) is 10.1 Å². The van der Waals surface area contributed by atoms with Crippen LogP contribution in [0.3, 0.4) is 0 Å². The number of nitrogens with zero attached hydrogens (tertiary/aromatic N) is 3. The van der Waals surface area contributed by atoms with Crippen LogP contribution in [0.4, 0.5) is 0 Å². The van der Waals surface area contributed by atoms with Crippen LogP contribution in [0.25, 0.3) is 0 Å². The van der Waals surface area contributed by atoms with Crippen molar-refractivity contribution >= 4 is 28.1 Å². The van der Waals surface area contributed by atoms with Gasteiger partial charge in [-0.25, -0.2) is 0 Å². The smallest absolute Gasteiger partial charge is 0.194 e. The average Bonchev–Trinajstić information content (AvgIpc) is 2.65. The Hall–Kier alpha value is -1.01. The van der Waals surface area contributed by atoms with E-state index in [9.17, 15) is 0 Å². The number of halogens is 1. The maximum atomic E-state index is 5.23. The standard InChI is InChI=1S/C13H15BrN4S/c1-18-12(16-17-13(18)19)11(8-3-2-4-8)9-5-10(14)7-15-6-9/h5-8,11H,2-4H2,1H3,(H,17,19). The van der Waals surface area contributed by atoms with Crippen molar-refractivity contribution in [3.63, 3.8) is 0 Å². The third-order valence-electron chi connectivity index (χ3n) is 3.90. The molecule has 0 aliphatic heterocycles. The van der Waals surface area contributed by atoms with Gasteiger partial charge in [-0.15, -0.1) is 0 Å². The Labute approximate surface area is 125 Å². The fraction of sp³-hybridized carbons (Fsp3) is 0.462. The van der Waals surface area contributed by atoms with Gasteiger partial charge in [0.15, 0.2) is 4.77 Å². The van der Waals surface area contributed by atoms with Gasteiger partial charge in [-0.2, -0.15) is 5.10 Å². The molecule has 6 heteroatoms. The zero-order valence-electron chi connectivity index (χ0n) is 10.6. The first kappa shape index (κ1) is 13.0. The fourth-order valence-electron chi connectivity index (χ4n) is 2.64. The Morgan fingerprint density at radius 2 is 2.26 bits per heavy atom. The number of aromatic amines is 1. The minimum absolute atomic E-state index is 0.275.